The van der Waals surface area contributed by atoms with E-state index in [1.165, 1.54) is 13.0 Å². The van der Waals surface area contributed by atoms with E-state index in [1.54, 1.807) is 0 Å². The number of hydrogen-bond donors (Lipinski definition) is 0. The number of nitrogens with zero attached hydrogens (tertiary/aromatic N) is 3. The molecule has 0 spiro atoms. The molecule has 0 amide bonds. The largest absolute Gasteiger partial charge is 0.368 e. The summed E-state index contributed by atoms with van der Waals surface area (Å²) in [5.41, 5.74) is -1.13. The van der Waals surface area contributed by atoms with Gasteiger partial charge in [-0.3, -0.25) is 0 Å². The summed E-state index contributed by atoms with van der Waals surface area (Å²) in [6.07, 6.45) is -2.86. The molecule has 0 atom stereocenters. The molecule has 5 nitrogen and oxygen atoms in total. The number of halogens is 2. The molecule has 1 aromatic rings. The zero-order chi connectivity index (χ0) is 11.6. The van der Waals surface area contributed by atoms with Crippen LogP contribution in [0.2, 0.25) is 0 Å². The van der Waals surface area contributed by atoms with Gasteiger partial charge in [0, 0.05) is 11.6 Å². The number of rotatable bonds is 2. The fourth-order valence-electron chi connectivity index (χ4n) is 1.08. The Kier molecular flexibility index (Phi) is 2.90. The maximum absolute atomic E-state index is 12.4. The average Bonchev–Trinajstić information content (AvgIpc) is 2.17. The first kappa shape index (κ1) is 11.0. The molecule has 0 radical (unpaired) electrons. The lowest BCUT2D eigenvalue weighted by molar-refractivity contribution is -0.390. The molecule has 0 aliphatic rings. The molecule has 0 aliphatic heterocycles. The normalized spacial score (nSPS) is 10.1. The zero-order valence-corrected chi connectivity index (χ0v) is 7.57. The van der Waals surface area contributed by atoms with Gasteiger partial charge in [-0.05, 0) is 16.8 Å². The molecule has 7 heteroatoms. The molecular formula is C8H5F2N3O2. The Labute approximate surface area is 83.1 Å². The van der Waals surface area contributed by atoms with Crippen molar-refractivity contribution in [2.45, 2.75) is 13.3 Å². The van der Waals surface area contributed by atoms with Crippen LogP contribution >= 0.6 is 0 Å². The van der Waals surface area contributed by atoms with E-state index in [9.17, 15) is 18.9 Å². The van der Waals surface area contributed by atoms with E-state index >= 15 is 0 Å². The van der Waals surface area contributed by atoms with Crippen molar-refractivity contribution in [1.82, 2.24) is 4.98 Å². The maximum Gasteiger partial charge on any atom is 0.368 e. The van der Waals surface area contributed by atoms with Crippen molar-refractivity contribution in [1.29, 1.82) is 5.26 Å². The first-order chi connectivity index (χ1) is 6.97. The molecular weight excluding hydrogens is 208 g/mol. The lowest BCUT2D eigenvalue weighted by Gasteiger charge is -2.03. The Bertz CT molecular complexity index is 454. The zero-order valence-electron chi connectivity index (χ0n) is 7.57. The van der Waals surface area contributed by atoms with E-state index in [-0.39, 0.29) is 11.3 Å². The van der Waals surface area contributed by atoms with Gasteiger partial charge in [-0.2, -0.15) is 5.26 Å². The topological polar surface area (TPSA) is 79.8 Å². The van der Waals surface area contributed by atoms with Gasteiger partial charge in [-0.15, -0.1) is 0 Å². The molecule has 1 rings (SSSR count). The summed E-state index contributed by atoms with van der Waals surface area (Å²) in [6, 6.07) is 2.35. The van der Waals surface area contributed by atoms with Crippen LogP contribution in [0.1, 0.15) is 23.2 Å². The van der Waals surface area contributed by atoms with Crippen LogP contribution in [0.3, 0.4) is 0 Å². The highest BCUT2D eigenvalue weighted by molar-refractivity contribution is 5.43. The Balaban J connectivity index is 3.49. The van der Waals surface area contributed by atoms with Gasteiger partial charge in [-0.25, -0.2) is 8.78 Å². The summed E-state index contributed by atoms with van der Waals surface area (Å²) in [6.45, 7) is 1.17. The van der Waals surface area contributed by atoms with E-state index in [4.69, 9.17) is 5.26 Å². The molecule has 0 saturated heterocycles. The molecule has 78 valence electrons. The Morgan fingerprint density at radius 1 is 1.67 bits per heavy atom. The second-order valence-electron chi connectivity index (χ2n) is 2.71. The summed E-state index contributed by atoms with van der Waals surface area (Å²) < 4.78 is 24.9. The fraction of sp³-hybridized carbons (Fsp3) is 0.250. The summed E-state index contributed by atoms with van der Waals surface area (Å²) >= 11 is 0. The number of pyridine rings is 1. The van der Waals surface area contributed by atoms with Gasteiger partial charge >= 0.3 is 5.82 Å². The van der Waals surface area contributed by atoms with Crippen molar-refractivity contribution in [2.24, 2.45) is 0 Å². The smallest absolute Gasteiger partial charge is 0.358 e. The monoisotopic (exact) mass is 213 g/mol. The third-order valence-electron chi connectivity index (χ3n) is 1.81. The predicted molar refractivity (Wildman–Crippen MR) is 45.3 cm³/mol. The quantitative estimate of drug-likeness (QED) is 0.556. The number of hydrogen-bond acceptors (Lipinski definition) is 4. The summed E-state index contributed by atoms with van der Waals surface area (Å²) in [5.74, 6) is -0.704. The minimum atomic E-state index is -2.86. The molecule has 0 fully saturated rings. The Morgan fingerprint density at radius 2 is 2.27 bits per heavy atom. The van der Waals surface area contributed by atoms with Crippen LogP contribution in [0.5, 0.6) is 0 Å². The van der Waals surface area contributed by atoms with E-state index in [0.717, 1.165) is 6.07 Å². The number of aromatic nitrogens is 1. The lowest BCUT2D eigenvalue weighted by atomic mass is 10.1. The van der Waals surface area contributed by atoms with Crippen LogP contribution < -0.4 is 0 Å². The number of alkyl halides is 2. The first-order valence-electron chi connectivity index (χ1n) is 3.81. The number of nitriles is 1. The van der Waals surface area contributed by atoms with Gasteiger partial charge in [0.1, 0.15) is 6.07 Å². The fourth-order valence-corrected chi connectivity index (χ4v) is 1.08. The van der Waals surface area contributed by atoms with Gasteiger partial charge in [0.25, 0.3) is 12.1 Å². The summed E-state index contributed by atoms with van der Waals surface area (Å²) in [4.78, 5) is 12.9. The minimum absolute atomic E-state index is 0.214. The van der Waals surface area contributed by atoms with Crippen molar-refractivity contribution in [2.75, 3.05) is 0 Å². The molecule has 15 heavy (non-hydrogen) atoms. The molecule has 0 bridgehead atoms. The van der Waals surface area contributed by atoms with Crippen molar-refractivity contribution >= 4 is 5.82 Å². The maximum atomic E-state index is 12.4. The highest BCUT2D eigenvalue weighted by atomic mass is 19.3. The van der Waals surface area contributed by atoms with E-state index in [1.807, 2.05) is 0 Å². The molecule has 0 aliphatic carbocycles. The Hall–Kier alpha value is -2.10. The van der Waals surface area contributed by atoms with E-state index in [2.05, 4.69) is 4.98 Å². The second-order valence-corrected chi connectivity index (χ2v) is 2.71. The SMILES string of the molecule is Cc1c(C(F)F)cc(C#N)nc1[N+](=O)[O-]. The van der Waals surface area contributed by atoms with Crippen LogP contribution in [0.25, 0.3) is 0 Å². The summed E-state index contributed by atoms with van der Waals surface area (Å²) in [5, 5.41) is 18.9. The summed E-state index contributed by atoms with van der Waals surface area (Å²) in [7, 11) is 0. The van der Waals surface area contributed by atoms with Crippen LogP contribution in [0.15, 0.2) is 6.07 Å². The van der Waals surface area contributed by atoms with Crippen molar-refractivity contribution < 1.29 is 13.7 Å². The van der Waals surface area contributed by atoms with Crippen LogP contribution in [0, 0.1) is 28.4 Å². The highest BCUT2D eigenvalue weighted by Gasteiger charge is 2.23. The third kappa shape index (κ3) is 2.04. The molecule has 0 aromatic carbocycles. The van der Waals surface area contributed by atoms with Gasteiger partial charge in [0.2, 0.25) is 0 Å². The average molecular weight is 213 g/mol. The molecule has 0 unspecified atom stereocenters. The van der Waals surface area contributed by atoms with Crippen molar-refractivity contribution in [3.05, 3.63) is 33.0 Å². The second kappa shape index (κ2) is 3.96. The molecule has 0 saturated carbocycles. The lowest BCUT2D eigenvalue weighted by Crippen LogP contribution is -2.02. The number of nitro groups is 1. The highest BCUT2D eigenvalue weighted by Crippen LogP contribution is 2.28. The van der Waals surface area contributed by atoms with Gasteiger partial charge in [0.05, 0.1) is 5.56 Å². The molecule has 1 heterocycles. The van der Waals surface area contributed by atoms with Crippen LogP contribution in [-0.2, 0) is 0 Å². The standard InChI is InChI=1S/C8H5F2N3O2/c1-4-6(7(9)10)2-5(3-11)12-8(4)13(14)15/h2,7H,1H3. The van der Waals surface area contributed by atoms with E-state index < -0.39 is 22.7 Å². The molecule has 1 aromatic heterocycles. The third-order valence-corrected chi connectivity index (χ3v) is 1.81. The van der Waals surface area contributed by atoms with E-state index in [0.29, 0.717) is 0 Å². The van der Waals surface area contributed by atoms with Crippen molar-refractivity contribution in [3.63, 3.8) is 0 Å². The Morgan fingerprint density at radius 3 is 2.67 bits per heavy atom. The van der Waals surface area contributed by atoms with Crippen LogP contribution in [0.4, 0.5) is 14.6 Å². The van der Waals surface area contributed by atoms with Gasteiger partial charge in [0.15, 0.2) is 0 Å². The van der Waals surface area contributed by atoms with Crippen LogP contribution in [-0.4, -0.2) is 9.91 Å². The minimum Gasteiger partial charge on any atom is -0.358 e. The van der Waals surface area contributed by atoms with Crippen molar-refractivity contribution in [3.8, 4) is 6.07 Å². The predicted octanol–water partition coefficient (Wildman–Crippen LogP) is 2.11. The molecule has 0 N–H and O–H groups in total. The first-order valence-corrected chi connectivity index (χ1v) is 3.81. The van der Waals surface area contributed by atoms with Gasteiger partial charge in [-0.1, -0.05) is 0 Å². The van der Waals surface area contributed by atoms with Gasteiger partial charge < -0.3 is 10.1 Å².